The molecule has 4 amide bonds. The molecule has 5 N–H and O–H groups in total. The van der Waals surface area contributed by atoms with Crippen molar-refractivity contribution in [1.29, 1.82) is 0 Å². The number of amides is 4. The lowest BCUT2D eigenvalue weighted by Crippen LogP contribution is -2.44. The minimum absolute atomic E-state index is 0.226. The van der Waals surface area contributed by atoms with Gasteiger partial charge < -0.3 is 21.1 Å². The van der Waals surface area contributed by atoms with E-state index < -0.39 is 23.9 Å². The van der Waals surface area contributed by atoms with E-state index in [-0.39, 0.29) is 6.61 Å². The smallest absolute Gasteiger partial charge is 0.321 e. The van der Waals surface area contributed by atoms with Crippen LogP contribution in [0.4, 0.5) is 10.5 Å². The molecule has 0 heterocycles. The normalized spacial score (nSPS) is 11.1. The van der Waals surface area contributed by atoms with E-state index in [2.05, 4.69) is 16.0 Å². The Kier molecular flexibility index (Phi) is 5.99. The number of nitrogens with one attached hydrogen (secondary N) is 3. The number of imide groups is 1. The first-order valence-electron chi connectivity index (χ1n) is 6.22. The number of primary amides is 1. The molecule has 8 heteroatoms. The summed E-state index contributed by atoms with van der Waals surface area (Å²) in [6.45, 7) is 1.38. The van der Waals surface area contributed by atoms with Gasteiger partial charge in [-0.2, -0.15) is 0 Å². The minimum atomic E-state index is -0.631. The molecule has 0 radical (unpaired) electrons. The van der Waals surface area contributed by atoms with Gasteiger partial charge in [0.15, 0.2) is 6.61 Å². The fourth-order valence-corrected chi connectivity index (χ4v) is 1.43. The molecule has 1 aromatic rings. The highest BCUT2D eigenvalue weighted by Gasteiger charge is 2.15. The molecule has 0 aromatic heterocycles. The standard InChI is InChI=1S/C13H18N4O4/c1-8(12(19)17-13(20)15-2)16-9-4-3-5-10(6-9)21-7-11(14)18/h3-6,8,16H,7H2,1-2H3,(H2,14,18)(H2,15,17,19,20)/t8-/m0/s1. The van der Waals surface area contributed by atoms with Crippen molar-refractivity contribution in [3.05, 3.63) is 24.3 Å². The van der Waals surface area contributed by atoms with Crippen molar-refractivity contribution in [2.24, 2.45) is 5.73 Å². The van der Waals surface area contributed by atoms with Gasteiger partial charge >= 0.3 is 6.03 Å². The molecule has 1 atom stereocenters. The minimum Gasteiger partial charge on any atom is -0.484 e. The molecule has 1 aromatic carbocycles. The van der Waals surface area contributed by atoms with Crippen LogP contribution in [0.5, 0.6) is 5.75 Å². The Labute approximate surface area is 122 Å². The number of anilines is 1. The van der Waals surface area contributed by atoms with Crippen molar-refractivity contribution in [1.82, 2.24) is 10.6 Å². The summed E-state index contributed by atoms with van der Waals surface area (Å²) in [7, 11) is 1.42. The second-order valence-corrected chi connectivity index (χ2v) is 4.22. The number of carbonyl (C=O) groups excluding carboxylic acids is 3. The molecule has 8 nitrogen and oxygen atoms in total. The van der Waals surface area contributed by atoms with Gasteiger partial charge in [0.25, 0.3) is 5.91 Å². The van der Waals surface area contributed by atoms with Crippen LogP contribution in [0, 0.1) is 0 Å². The summed E-state index contributed by atoms with van der Waals surface area (Å²) in [6, 6.07) is 5.49. The van der Waals surface area contributed by atoms with E-state index >= 15 is 0 Å². The summed E-state index contributed by atoms with van der Waals surface area (Å²) in [5.74, 6) is -0.609. The first kappa shape index (κ1) is 16.3. The van der Waals surface area contributed by atoms with Gasteiger partial charge in [0.1, 0.15) is 11.8 Å². The molecule has 0 spiro atoms. The van der Waals surface area contributed by atoms with Gasteiger partial charge in [0, 0.05) is 18.8 Å². The summed E-state index contributed by atoms with van der Waals surface area (Å²) >= 11 is 0. The fourth-order valence-electron chi connectivity index (χ4n) is 1.43. The summed E-state index contributed by atoms with van der Waals surface area (Å²) < 4.78 is 5.15. The van der Waals surface area contributed by atoms with E-state index in [1.165, 1.54) is 7.05 Å². The largest absolute Gasteiger partial charge is 0.484 e. The summed E-state index contributed by atoms with van der Waals surface area (Å²) in [5, 5.41) is 7.36. The Morgan fingerprint density at radius 1 is 1.33 bits per heavy atom. The maximum atomic E-state index is 11.7. The molecule has 114 valence electrons. The highest BCUT2D eigenvalue weighted by molar-refractivity contribution is 5.97. The predicted molar refractivity (Wildman–Crippen MR) is 76.8 cm³/mol. The van der Waals surface area contributed by atoms with Gasteiger partial charge in [-0.15, -0.1) is 0 Å². The number of rotatable bonds is 6. The van der Waals surface area contributed by atoms with Crippen LogP contribution in [-0.4, -0.2) is 37.5 Å². The molecule has 1 rings (SSSR count). The summed E-state index contributed by atoms with van der Waals surface area (Å²) in [4.78, 5) is 33.4. The maximum absolute atomic E-state index is 11.7. The first-order chi connectivity index (χ1) is 9.92. The zero-order chi connectivity index (χ0) is 15.8. The van der Waals surface area contributed by atoms with Gasteiger partial charge in [-0.25, -0.2) is 4.79 Å². The fraction of sp³-hybridized carbons (Fsp3) is 0.308. The quantitative estimate of drug-likeness (QED) is 0.579. The van der Waals surface area contributed by atoms with E-state index in [1.807, 2.05) is 0 Å². The van der Waals surface area contributed by atoms with E-state index in [0.717, 1.165) is 0 Å². The lowest BCUT2D eigenvalue weighted by molar-refractivity contribution is -0.121. The number of ether oxygens (including phenoxy) is 1. The van der Waals surface area contributed by atoms with Crippen LogP contribution in [0.15, 0.2) is 24.3 Å². The average Bonchev–Trinajstić information content (AvgIpc) is 2.45. The molecule has 0 aliphatic heterocycles. The van der Waals surface area contributed by atoms with Crippen LogP contribution in [0.1, 0.15) is 6.92 Å². The van der Waals surface area contributed by atoms with Crippen molar-refractivity contribution in [2.75, 3.05) is 19.0 Å². The van der Waals surface area contributed by atoms with Gasteiger partial charge in [-0.3, -0.25) is 14.9 Å². The van der Waals surface area contributed by atoms with Crippen LogP contribution < -0.4 is 26.4 Å². The highest BCUT2D eigenvalue weighted by Crippen LogP contribution is 2.17. The molecule has 0 aliphatic carbocycles. The second-order valence-electron chi connectivity index (χ2n) is 4.22. The lowest BCUT2D eigenvalue weighted by Gasteiger charge is -2.15. The molecular formula is C13H18N4O4. The molecular weight excluding hydrogens is 276 g/mol. The van der Waals surface area contributed by atoms with Crippen molar-refractivity contribution in [3.8, 4) is 5.75 Å². The van der Waals surface area contributed by atoms with E-state index in [1.54, 1.807) is 31.2 Å². The molecule has 0 fully saturated rings. The van der Waals surface area contributed by atoms with Crippen LogP contribution in [0.2, 0.25) is 0 Å². The van der Waals surface area contributed by atoms with E-state index in [0.29, 0.717) is 11.4 Å². The maximum Gasteiger partial charge on any atom is 0.321 e. The Hall–Kier alpha value is -2.77. The van der Waals surface area contributed by atoms with Crippen molar-refractivity contribution in [3.63, 3.8) is 0 Å². The highest BCUT2D eigenvalue weighted by atomic mass is 16.5. The Morgan fingerprint density at radius 2 is 2.05 bits per heavy atom. The molecule has 21 heavy (non-hydrogen) atoms. The Balaban J connectivity index is 2.61. The topological polar surface area (TPSA) is 123 Å². The third-order valence-electron chi connectivity index (χ3n) is 2.46. The van der Waals surface area contributed by atoms with Crippen LogP contribution in [-0.2, 0) is 9.59 Å². The van der Waals surface area contributed by atoms with Crippen molar-refractivity contribution < 1.29 is 19.1 Å². The van der Waals surface area contributed by atoms with Gasteiger partial charge in [0.05, 0.1) is 0 Å². The first-order valence-corrected chi connectivity index (χ1v) is 6.22. The number of benzene rings is 1. The number of hydrogen-bond donors (Lipinski definition) is 4. The monoisotopic (exact) mass is 294 g/mol. The predicted octanol–water partition coefficient (Wildman–Crippen LogP) is -0.193. The number of hydrogen-bond acceptors (Lipinski definition) is 5. The Bertz CT molecular complexity index is 533. The lowest BCUT2D eigenvalue weighted by atomic mass is 10.2. The van der Waals surface area contributed by atoms with E-state index in [9.17, 15) is 14.4 Å². The molecule has 0 saturated carbocycles. The van der Waals surface area contributed by atoms with Crippen LogP contribution in [0.3, 0.4) is 0 Å². The SMILES string of the molecule is CNC(=O)NC(=O)[C@H](C)Nc1cccc(OCC(N)=O)c1. The molecule has 0 bridgehead atoms. The van der Waals surface area contributed by atoms with Crippen molar-refractivity contribution >= 4 is 23.5 Å². The molecule has 0 saturated heterocycles. The van der Waals surface area contributed by atoms with Crippen molar-refractivity contribution in [2.45, 2.75) is 13.0 Å². The third-order valence-corrected chi connectivity index (χ3v) is 2.46. The molecule has 0 unspecified atom stereocenters. The van der Waals surface area contributed by atoms with E-state index in [4.69, 9.17) is 10.5 Å². The van der Waals surface area contributed by atoms with Crippen LogP contribution in [0.25, 0.3) is 0 Å². The number of nitrogens with two attached hydrogens (primary N) is 1. The Morgan fingerprint density at radius 3 is 2.67 bits per heavy atom. The third kappa shape index (κ3) is 5.81. The number of carbonyl (C=O) groups is 3. The van der Waals surface area contributed by atoms with Gasteiger partial charge in [0.2, 0.25) is 5.91 Å². The zero-order valence-electron chi connectivity index (χ0n) is 11.8. The average molecular weight is 294 g/mol. The number of urea groups is 1. The van der Waals surface area contributed by atoms with Gasteiger partial charge in [-0.1, -0.05) is 6.07 Å². The molecule has 0 aliphatic rings. The summed E-state index contributed by atoms with van der Waals surface area (Å²) in [5.41, 5.74) is 5.60. The zero-order valence-corrected chi connectivity index (χ0v) is 11.8. The summed E-state index contributed by atoms with van der Waals surface area (Å²) in [6.07, 6.45) is 0. The van der Waals surface area contributed by atoms with Crippen LogP contribution >= 0.6 is 0 Å². The second kappa shape index (κ2) is 7.73. The van der Waals surface area contributed by atoms with Gasteiger partial charge in [-0.05, 0) is 19.1 Å².